The van der Waals surface area contributed by atoms with E-state index in [2.05, 4.69) is 31.7 Å². The van der Waals surface area contributed by atoms with Crippen molar-refractivity contribution in [3.05, 3.63) is 18.7 Å². The summed E-state index contributed by atoms with van der Waals surface area (Å²) >= 11 is 0. The SMILES string of the molecule is CN=C(NCCn1ccnc1)N1CCCC(C)C1. The lowest BCUT2D eigenvalue weighted by molar-refractivity contribution is 0.266. The predicted octanol–water partition coefficient (Wildman–Crippen LogP) is 1.19. The molecule has 18 heavy (non-hydrogen) atoms. The second-order valence-electron chi connectivity index (χ2n) is 4.97. The van der Waals surface area contributed by atoms with Gasteiger partial charge in [0.05, 0.1) is 6.33 Å². The van der Waals surface area contributed by atoms with E-state index in [0.717, 1.165) is 38.1 Å². The molecule has 2 rings (SSSR count). The van der Waals surface area contributed by atoms with Gasteiger partial charge in [-0.3, -0.25) is 4.99 Å². The van der Waals surface area contributed by atoms with Crippen LogP contribution in [0.15, 0.2) is 23.7 Å². The van der Waals surface area contributed by atoms with Crippen LogP contribution in [0.5, 0.6) is 0 Å². The van der Waals surface area contributed by atoms with Gasteiger partial charge in [0.25, 0.3) is 0 Å². The lowest BCUT2D eigenvalue weighted by atomic mass is 10.0. The summed E-state index contributed by atoms with van der Waals surface area (Å²) < 4.78 is 2.07. The summed E-state index contributed by atoms with van der Waals surface area (Å²) in [6, 6.07) is 0. The van der Waals surface area contributed by atoms with Gasteiger partial charge in [0.1, 0.15) is 0 Å². The lowest BCUT2D eigenvalue weighted by Crippen LogP contribution is -2.46. The molecular formula is C13H23N5. The molecule has 0 bridgehead atoms. The van der Waals surface area contributed by atoms with E-state index >= 15 is 0 Å². The maximum Gasteiger partial charge on any atom is 0.193 e. The third-order valence-electron chi connectivity index (χ3n) is 3.38. The van der Waals surface area contributed by atoms with E-state index < -0.39 is 0 Å². The Bertz CT molecular complexity index is 371. The summed E-state index contributed by atoms with van der Waals surface area (Å²) in [5.74, 6) is 1.80. The third-order valence-corrected chi connectivity index (χ3v) is 3.38. The number of nitrogens with one attached hydrogen (secondary N) is 1. The van der Waals surface area contributed by atoms with Crippen molar-refractivity contribution >= 4 is 5.96 Å². The number of aliphatic imine (C=N–C) groups is 1. The molecule has 1 fully saturated rings. The average Bonchev–Trinajstić information content (AvgIpc) is 2.88. The maximum absolute atomic E-state index is 4.37. The number of likely N-dealkylation sites (tertiary alicyclic amines) is 1. The van der Waals surface area contributed by atoms with Gasteiger partial charge in [-0.2, -0.15) is 0 Å². The Labute approximate surface area is 109 Å². The molecule has 0 amide bonds. The molecule has 1 aromatic rings. The van der Waals surface area contributed by atoms with Gasteiger partial charge in [0.2, 0.25) is 0 Å². The third kappa shape index (κ3) is 3.48. The Hall–Kier alpha value is -1.52. The first-order valence-electron chi connectivity index (χ1n) is 6.71. The smallest absolute Gasteiger partial charge is 0.193 e. The molecule has 1 N–H and O–H groups in total. The maximum atomic E-state index is 4.37. The van der Waals surface area contributed by atoms with E-state index in [1.165, 1.54) is 12.8 Å². The Balaban J connectivity index is 1.78. The van der Waals surface area contributed by atoms with Gasteiger partial charge < -0.3 is 14.8 Å². The standard InChI is InChI=1S/C13H23N5/c1-12-4-3-7-18(10-12)13(14-2)16-6-9-17-8-5-15-11-17/h5,8,11-12H,3-4,6-7,9-10H2,1-2H3,(H,14,16). The van der Waals surface area contributed by atoms with Crippen LogP contribution in [0.3, 0.4) is 0 Å². The van der Waals surface area contributed by atoms with Gasteiger partial charge in [-0.1, -0.05) is 6.92 Å². The van der Waals surface area contributed by atoms with Crippen LogP contribution in [-0.2, 0) is 6.54 Å². The van der Waals surface area contributed by atoms with Crippen molar-refractivity contribution in [1.29, 1.82) is 0 Å². The summed E-state index contributed by atoms with van der Waals surface area (Å²) in [5.41, 5.74) is 0. The second kappa shape index (κ2) is 6.42. The van der Waals surface area contributed by atoms with Gasteiger partial charge in [-0.15, -0.1) is 0 Å². The van der Waals surface area contributed by atoms with E-state index in [1.807, 2.05) is 19.6 Å². The van der Waals surface area contributed by atoms with Crippen LogP contribution >= 0.6 is 0 Å². The normalized spacial score (nSPS) is 21.1. The van der Waals surface area contributed by atoms with Crippen LogP contribution in [0, 0.1) is 5.92 Å². The summed E-state index contributed by atoms with van der Waals surface area (Å²) in [5, 5.41) is 3.43. The van der Waals surface area contributed by atoms with Crippen LogP contribution in [0.2, 0.25) is 0 Å². The zero-order valence-electron chi connectivity index (χ0n) is 11.3. The fourth-order valence-corrected chi connectivity index (χ4v) is 2.43. The molecule has 1 aliphatic heterocycles. The highest BCUT2D eigenvalue weighted by atomic mass is 15.3. The molecule has 0 spiro atoms. The quantitative estimate of drug-likeness (QED) is 0.646. The molecule has 0 saturated carbocycles. The molecule has 0 aromatic carbocycles. The zero-order chi connectivity index (χ0) is 12.8. The minimum absolute atomic E-state index is 0.769. The largest absolute Gasteiger partial charge is 0.354 e. The van der Waals surface area contributed by atoms with Crippen LogP contribution in [-0.4, -0.2) is 47.1 Å². The average molecular weight is 249 g/mol. The molecule has 1 aliphatic rings. The van der Waals surface area contributed by atoms with Crippen LogP contribution < -0.4 is 5.32 Å². The first-order chi connectivity index (χ1) is 8.79. The molecular weight excluding hydrogens is 226 g/mol. The topological polar surface area (TPSA) is 45.5 Å². The monoisotopic (exact) mass is 249 g/mol. The number of hydrogen-bond acceptors (Lipinski definition) is 2. The van der Waals surface area contributed by atoms with E-state index in [0.29, 0.717) is 0 Å². The van der Waals surface area contributed by atoms with E-state index in [4.69, 9.17) is 0 Å². The van der Waals surface area contributed by atoms with E-state index in [1.54, 1.807) is 6.20 Å². The first kappa shape index (κ1) is 12.9. The number of nitrogens with zero attached hydrogens (tertiary/aromatic N) is 4. The number of imidazole rings is 1. The predicted molar refractivity (Wildman–Crippen MR) is 73.6 cm³/mol. The van der Waals surface area contributed by atoms with Gasteiger partial charge in [-0.25, -0.2) is 4.98 Å². The molecule has 1 atom stereocenters. The molecule has 2 heterocycles. The van der Waals surface area contributed by atoms with Crippen molar-refractivity contribution in [2.75, 3.05) is 26.7 Å². The summed E-state index contributed by atoms with van der Waals surface area (Å²) in [6.07, 6.45) is 8.23. The minimum Gasteiger partial charge on any atom is -0.354 e. The van der Waals surface area contributed by atoms with Gasteiger partial charge in [0.15, 0.2) is 5.96 Å². The number of aromatic nitrogens is 2. The fourth-order valence-electron chi connectivity index (χ4n) is 2.43. The fraction of sp³-hybridized carbons (Fsp3) is 0.692. The Kier molecular flexibility index (Phi) is 4.61. The first-order valence-corrected chi connectivity index (χ1v) is 6.71. The van der Waals surface area contributed by atoms with Gasteiger partial charge >= 0.3 is 0 Å². The molecule has 5 nitrogen and oxygen atoms in total. The Morgan fingerprint density at radius 2 is 2.44 bits per heavy atom. The van der Waals surface area contributed by atoms with Crippen molar-refractivity contribution in [1.82, 2.24) is 19.8 Å². The number of hydrogen-bond donors (Lipinski definition) is 1. The molecule has 1 unspecified atom stereocenters. The van der Waals surface area contributed by atoms with Crippen molar-refractivity contribution in [3.63, 3.8) is 0 Å². The number of guanidine groups is 1. The van der Waals surface area contributed by atoms with Crippen LogP contribution in [0.25, 0.3) is 0 Å². The molecule has 1 saturated heterocycles. The summed E-state index contributed by atoms with van der Waals surface area (Å²) in [7, 11) is 1.86. The molecule has 1 aromatic heterocycles. The minimum atomic E-state index is 0.769. The van der Waals surface area contributed by atoms with Gasteiger partial charge in [0, 0.05) is 45.6 Å². The second-order valence-corrected chi connectivity index (χ2v) is 4.97. The Morgan fingerprint density at radius 3 is 3.11 bits per heavy atom. The van der Waals surface area contributed by atoms with E-state index in [-0.39, 0.29) is 0 Å². The molecule has 0 radical (unpaired) electrons. The number of rotatable bonds is 3. The summed E-state index contributed by atoms with van der Waals surface area (Å²) in [4.78, 5) is 10.8. The zero-order valence-corrected chi connectivity index (χ0v) is 11.3. The van der Waals surface area contributed by atoms with Crippen molar-refractivity contribution in [2.45, 2.75) is 26.3 Å². The van der Waals surface area contributed by atoms with Gasteiger partial charge in [-0.05, 0) is 18.8 Å². The molecule has 100 valence electrons. The molecule has 5 heteroatoms. The number of piperidine rings is 1. The highest BCUT2D eigenvalue weighted by Gasteiger charge is 2.18. The summed E-state index contributed by atoms with van der Waals surface area (Å²) in [6.45, 7) is 6.35. The van der Waals surface area contributed by atoms with Crippen molar-refractivity contribution in [3.8, 4) is 0 Å². The van der Waals surface area contributed by atoms with Crippen molar-refractivity contribution in [2.24, 2.45) is 10.9 Å². The lowest BCUT2D eigenvalue weighted by Gasteiger charge is -2.33. The van der Waals surface area contributed by atoms with Crippen LogP contribution in [0.1, 0.15) is 19.8 Å². The molecule has 0 aliphatic carbocycles. The highest BCUT2D eigenvalue weighted by molar-refractivity contribution is 5.79. The van der Waals surface area contributed by atoms with Crippen LogP contribution in [0.4, 0.5) is 0 Å². The Morgan fingerprint density at radius 1 is 1.56 bits per heavy atom. The highest BCUT2D eigenvalue weighted by Crippen LogP contribution is 2.15. The van der Waals surface area contributed by atoms with Crippen molar-refractivity contribution < 1.29 is 0 Å². The van der Waals surface area contributed by atoms with E-state index in [9.17, 15) is 0 Å².